The standard InChI is InChI=1S/C19H26F3N5/c1-13-17(14(2)27(4)26-13)10-12-25-18(23-3)24-11-9-15-5-7-16(8-6-15)19(20,21)22/h5-8H,9-12H2,1-4H3,(H2,23,24,25). The number of nitrogens with zero attached hydrogens (tertiary/aromatic N) is 3. The molecular formula is C19H26F3N5. The van der Waals surface area contributed by atoms with Crippen molar-refractivity contribution in [1.82, 2.24) is 20.4 Å². The molecule has 8 heteroatoms. The first-order chi connectivity index (χ1) is 12.7. The van der Waals surface area contributed by atoms with Gasteiger partial charge in [0.2, 0.25) is 0 Å². The van der Waals surface area contributed by atoms with Gasteiger partial charge in [0, 0.05) is 32.9 Å². The van der Waals surface area contributed by atoms with Crippen LogP contribution in [0, 0.1) is 13.8 Å². The molecule has 0 unspecified atom stereocenters. The molecule has 1 aromatic carbocycles. The Morgan fingerprint density at radius 1 is 1.07 bits per heavy atom. The second-order valence-corrected chi connectivity index (χ2v) is 6.39. The quantitative estimate of drug-likeness (QED) is 0.597. The lowest BCUT2D eigenvalue weighted by molar-refractivity contribution is -0.137. The molecule has 0 saturated heterocycles. The minimum atomic E-state index is -4.30. The van der Waals surface area contributed by atoms with E-state index in [0.717, 1.165) is 35.5 Å². The summed E-state index contributed by atoms with van der Waals surface area (Å²) in [5, 5.41) is 10.8. The van der Waals surface area contributed by atoms with Crippen molar-refractivity contribution >= 4 is 5.96 Å². The second kappa shape index (κ2) is 8.92. The molecule has 2 aromatic rings. The molecular weight excluding hydrogens is 355 g/mol. The predicted octanol–water partition coefficient (Wildman–Crippen LogP) is 3.01. The van der Waals surface area contributed by atoms with Gasteiger partial charge in [0.1, 0.15) is 0 Å². The van der Waals surface area contributed by atoms with Crippen molar-refractivity contribution in [2.24, 2.45) is 12.0 Å². The monoisotopic (exact) mass is 381 g/mol. The first kappa shape index (κ1) is 20.8. The summed E-state index contributed by atoms with van der Waals surface area (Å²) in [5.41, 5.74) is 3.62. The molecule has 27 heavy (non-hydrogen) atoms. The Hall–Kier alpha value is -2.51. The highest BCUT2D eigenvalue weighted by molar-refractivity contribution is 5.79. The number of halogens is 3. The van der Waals surface area contributed by atoms with Gasteiger partial charge in [-0.15, -0.1) is 0 Å². The van der Waals surface area contributed by atoms with Crippen molar-refractivity contribution in [2.45, 2.75) is 32.9 Å². The van der Waals surface area contributed by atoms with Crippen LogP contribution in [0.5, 0.6) is 0 Å². The topological polar surface area (TPSA) is 54.2 Å². The van der Waals surface area contributed by atoms with Gasteiger partial charge in [0.05, 0.1) is 11.3 Å². The van der Waals surface area contributed by atoms with E-state index in [1.54, 1.807) is 7.05 Å². The van der Waals surface area contributed by atoms with Gasteiger partial charge in [-0.05, 0) is 49.9 Å². The zero-order valence-corrected chi connectivity index (χ0v) is 16.1. The van der Waals surface area contributed by atoms with Gasteiger partial charge >= 0.3 is 6.18 Å². The van der Waals surface area contributed by atoms with Crippen molar-refractivity contribution in [1.29, 1.82) is 0 Å². The number of guanidine groups is 1. The lowest BCUT2D eigenvalue weighted by atomic mass is 10.1. The molecule has 0 radical (unpaired) electrons. The van der Waals surface area contributed by atoms with Gasteiger partial charge in [-0.25, -0.2) is 0 Å². The van der Waals surface area contributed by atoms with Crippen LogP contribution in [0.25, 0.3) is 0 Å². The molecule has 0 saturated carbocycles. The number of aryl methyl sites for hydroxylation is 2. The Kier molecular flexibility index (Phi) is 6.87. The molecule has 0 aliphatic rings. The zero-order chi connectivity index (χ0) is 20.0. The van der Waals surface area contributed by atoms with Crippen molar-refractivity contribution in [3.8, 4) is 0 Å². The average molecular weight is 381 g/mol. The van der Waals surface area contributed by atoms with Crippen LogP contribution in [0.3, 0.4) is 0 Å². The second-order valence-electron chi connectivity index (χ2n) is 6.39. The molecule has 0 bridgehead atoms. The maximum Gasteiger partial charge on any atom is 0.416 e. The number of rotatable bonds is 6. The largest absolute Gasteiger partial charge is 0.416 e. The van der Waals surface area contributed by atoms with Crippen LogP contribution >= 0.6 is 0 Å². The van der Waals surface area contributed by atoms with Gasteiger partial charge in [0.15, 0.2) is 5.96 Å². The molecule has 1 heterocycles. The number of aliphatic imine (C=N–C) groups is 1. The predicted molar refractivity (Wildman–Crippen MR) is 101 cm³/mol. The summed E-state index contributed by atoms with van der Waals surface area (Å²) in [6.07, 6.45) is -2.85. The summed E-state index contributed by atoms with van der Waals surface area (Å²) < 4.78 is 39.6. The smallest absolute Gasteiger partial charge is 0.356 e. The third kappa shape index (κ3) is 5.74. The molecule has 2 rings (SSSR count). The highest BCUT2D eigenvalue weighted by Gasteiger charge is 2.29. The van der Waals surface area contributed by atoms with Crippen LogP contribution in [-0.4, -0.2) is 35.9 Å². The van der Waals surface area contributed by atoms with E-state index in [4.69, 9.17) is 0 Å². The first-order valence-electron chi connectivity index (χ1n) is 8.82. The zero-order valence-electron chi connectivity index (χ0n) is 16.1. The number of aromatic nitrogens is 2. The van der Waals surface area contributed by atoms with Gasteiger partial charge in [0.25, 0.3) is 0 Å². The molecule has 0 aliphatic carbocycles. The number of hydrogen-bond donors (Lipinski definition) is 2. The molecule has 0 aliphatic heterocycles. The lowest BCUT2D eigenvalue weighted by Crippen LogP contribution is -2.39. The van der Waals surface area contributed by atoms with E-state index in [0.29, 0.717) is 25.5 Å². The van der Waals surface area contributed by atoms with Crippen LogP contribution in [-0.2, 0) is 26.1 Å². The SMILES string of the molecule is CN=C(NCCc1ccc(C(F)(F)F)cc1)NCCc1c(C)nn(C)c1C. The number of nitrogens with one attached hydrogen (secondary N) is 2. The molecule has 0 amide bonds. The van der Waals surface area contributed by atoms with E-state index in [2.05, 4.69) is 20.7 Å². The van der Waals surface area contributed by atoms with E-state index in [-0.39, 0.29) is 0 Å². The summed E-state index contributed by atoms with van der Waals surface area (Å²) in [6.45, 7) is 5.34. The van der Waals surface area contributed by atoms with Gasteiger partial charge in [-0.1, -0.05) is 12.1 Å². The van der Waals surface area contributed by atoms with Crippen LogP contribution in [0.15, 0.2) is 29.3 Å². The maximum absolute atomic E-state index is 12.6. The third-order valence-corrected chi connectivity index (χ3v) is 4.54. The van der Waals surface area contributed by atoms with Crippen LogP contribution in [0.4, 0.5) is 13.2 Å². The third-order valence-electron chi connectivity index (χ3n) is 4.54. The maximum atomic E-state index is 12.6. The fourth-order valence-corrected chi connectivity index (χ4v) is 2.89. The van der Waals surface area contributed by atoms with Gasteiger partial charge in [-0.3, -0.25) is 9.67 Å². The Morgan fingerprint density at radius 3 is 2.15 bits per heavy atom. The minimum Gasteiger partial charge on any atom is -0.356 e. The average Bonchev–Trinajstić information content (AvgIpc) is 2.86. The van der Waals surface area contributed by atoms with Crippen molar-refractivity contribution < 1.29 is 13.2 Å². The highest BCUT2D eigenvalue weighted by atomic mass is 19.4. The first-order valence-corrected chi connectivity index (χ1v) is 8.82. The van der Waals surface area contributed by atoms with E-state index >= 15 is 0 Å². The highest BCUT2D eigenvalue weighted by Crippen LogP contribution is 2.29. The van der Waals surface area contributed by atoms with E-state index < -0.39 is 11.7 Å². The number of hydrogen-bond acceptors (Lipinski definition) is 2. The summed E-state index contributed by atoms with van der Waals surface area (Å²) >= 11 is 0. The number of alkyl halides is 3. The summed E-state index contributed by atoms with van der Waals surface area (Å²) in [7, 11) is 3.62. The van der Waals surface area contributed by atoms with Crippen molar-refractivity contribution in [2.75, 3.05) is 20.1 Å². The summed E-state index contributed by atoms with van der Waals surface area (Å²) in [6, 6.07) is 5.24. The van der Waals surface area contributed by atoms with Crippen LogP contribution < -0.4 is 10.6 Å². The molecule has 0 atom stereocenters. The molecule has 2 N–H and O–H groups in total. The molecule has 148 valence electrons. The Morgan fingerprint density at radius 2 is 1.67 bits per heavy atom. The van der Waals surface area contributed by atoms with Crippen molar-refractivity contribution in [3.05, 3.63) is 52.3 Å². The van der Waals surface area contributed by atoms with Gasteiger partial charge in [-0.2, -0.15) is 18.3 Å². The van der Waals surface area contributed by atoms with Crippen molar-refractivity contribution in [3.63, 3.8) is 0 Å². The van der Waals surface area contributed by atoms with Gasteiger partial charge < -0.3 is 10.6 Å². The molecule has 5 nitrogen and oxygen atoms in total. The minimum absolute atomic E-state index is 0.579. The lowest BCUT2D eigenvalue weighted by Gasteiger charge is -2.12. The fraction of sp³-hybridized carbons (Fsp3) is 0.474. The molecule has 0 fully saturated rings. The number of benzene rings is 1. The molecule has 0 spiro atoms. The normalized spacial score (nSPS) is 12.3. The Bertz CT molecular complexity index is 776. The van der Waals surface area contributed by atoms with E-state index in [1.165, 1.54) is 17.7 Å². The fourth-order valence-electron chi connectivity index (χ4n) is 2.89. The van der Waals surface area contributed by atoms with E-state index in [9.17, 15) is 13.2 Å². The molecule has 1 aromatic heterocycles. The summed E-state index contributed by atoms with van der Waals surface area (Å²) in [4.78, 5) is 4.17. The Labute approximate surface area is 157 Å². The Balaban J connectivity index is 1.77. The van der Waals surface area contributed by atoms with Crippen LogP contribution in [0.1, 0.15) is 28.1 Å². The van der Waals surface area contributed by atoms with E-state index in [1.807, 2.05) is 25.6 Å². The van der Waals surface area contributed by atoms with Crippen LogP contribution in [0.2, 0.25) is 0 Å². The summed E-state index contributed by atoms with van der Waals surface area (Å²) in [5.74, 6) is 0.668.